The molecule has 5 aliphatic rings. The number of hydrogen-bond acceptors (Lipinski definition) is 2. The summed E-state index contributed by atoms with van der Waals surface area (Å²) in [5.74, 6) is 4.08. The lowest BCUT2D eigenvalue weighted by Gasteiger charge is -2.75. The Morgan fingerprint density at radius 2 is 1.44 bits per heavy atom. The highest BCUT2D eigenvalue weighted by molar-refractivity contribution is 14.1. The zero-order chi connectivity index (χ0) is 25.1. The van der Waals surface area contributed by atoms with E-state index in [2.05, 4.69) is 55.4 Å². The number of fused-ring (bicyclic) bond motifs is 7. The largest absolute Gasteiger partial charge is 0.381 e. The Hall–Kier alpha value is 0.360. The highest BCUT2D eigenvalue weighted by atomic mass is 127. The molecule has 0 bridgehead atoms. The zero-order valence-electron chi connectivity index (χ0n) is 23.3. The molecule has 34 heavy (non-hydrogen) atoms. The van der Waals surface area contributed by atoms with Crippen molar-refractivity contribution in [2.24, 2.45) is 62.6 Å². The molecule has 5 rings (SSSR count). The smallest absolute Gasteiger partial charge is 0.224 e. The molecule has 0 radical (unpaired) electrons. The summed E-state index contributed by atoms with van der Waals surface area (Å²) in [5.41, 5.74) is -0.331. The molecule has 11 atom stereocenters. The maximum Gasteiger partial charge on any atom is 0.224 e. The van der Waals surface area contributed by atoms with Crippen LogP contribution >= 0.6 is 22.6 Å². The van der Waals surface area contributed by atoms with Crippen LogP contribution in [0, 0.1) is 62.6 Å². The van der Waals surface area contributed by atoms with E-state index in [1.807, 2.05) is 22.6 Å². The standard InChI is InChI=1S/C31H51IO2/c1-19-11-13-27(5)16-17-28(6)21(24(27)20(19)2)9-10-23-29(28,7)14-12-22-26(3,4)15-18-31(34,25(32)33)30(22,23)8/h19-24,34H,9-18H2,1-8H3/t19-,20+,21-,22+,23+,24+,27-,28-,29-,30+,31?/m1/s1. The van der Waals surface area contributed by atoms with Gasteiger partial charge in [0, 0.05) is 28.0 Å². The highest BCUT2D eigenvalue weighted by Gasteiger charge is 2.74. The van der Waals surface area contributed by atoms with Gasteiger partial charge in [-0.3, -0.25) is 4.79 Å². The molecule has 0 aromatic heterocycles. The van der Waals surface area contributed by atoms with Crippen molar-refractivity contribution < 1.29 is 9.90 Å². The number of hydrogen-bond donors (Lipinski definition) is 1. The van der Waals surface area contributed by atoms with Gasteiger partial charge < -0.3 is 5.11 Å². The summed E-state index contributed by atoms with van der Waals surface area (Å²) in [6, 6.07) is 0. The minimum atomic E-state index is -1.18. The Labute approximate surface area is 223 Å². The van der Waals surface area contributed by atoms with E-state index in [0.29, 0.717) is 29.1 Å². The molecule has 1 unspecified atom stereocenters. The van der Waals surface area contributed by atoms with Gasteiger partial charge in [-0.15, -0.1) is 0 Å². The predicted octanol–water partition coefficient (Wildman–Crippen LogP) is 8.44. The molecule has 0 heterocycles. The fourth-order valence-electron chi connectivity index (χ4n) is 12.0. The Morgan fingerprint density at radius 3 is 2.09 bits per heavy atom. The summed E-state index contributed by atoms with van der Waals surface area (Å²) >= 11 is 1.94. The first-order chi connectivity index (χ1) is 15.6. The topological polar surface area (TPSA) is 37.3 Å². The Kier molecular flexibility index (Phi) is 5.88. The normalized spacial score (nSPS) is 58.6. The summed E-state index contributed by atoms with van der Waals surface area (Å²) in [5, 5.41) is 12.2. The van der Waals surface area contributed by atoms with Crippen molar-refractivity contribution >= 4 is 26.4 Å². The SMILES string of the molecule is C[C@@H]1[C@H]2[C@H]3CC[C@@H]4[C@]5(C)[C@@H](CC[C@@]4(C)[C@]3(C)CC[C@@]2(C)CC[C@H]1C)C(C)(C)CCC5(O)C(=O)I. The summed E-state index contributed by atoms with van der Waals surface area (Å²) in [7, 11) is 0. The lowest BCUT2D eigenvalue weighted by atomic mass is 9.30. The third-order valence-electron chi connectivity index (χ3n) is 14.4. The highest BCUT2D eigenvalue weighted by Crippen LogP contribution is 2.78. The summed E-state index contributed by atoms with van der Waals surface area (Å²) in [6.07, 6.45) is 12.0. The predicted molar refractivity (Wildman–Crippen MR) is 149 cm³/mol. The first kappa shape index (κ1) is 26.0. The maximum absolute atomic E-state index is 13.2. The molecule has 194 valence electrons. The molecule has 5 aliphatic carbocycles. The van der Waals surface area contributed by atoms with Gasteiger partial charge in [0.1, 0.15) is 5.60 Å². The van der Waals surface area contributed by atoms with Crippen molar-refractivity contribution in [1.82, 2.24) is 0 Å². The molecule has 0 saturated heterocycles. The number of rotatable bonds is 1. The van der Waals surface area contributed by atoms with Crippen LogP contribution in [-0.2, 0) is 4.79 Å². The third kappa shape index (κ3) is 2.98. The van der Waals surface area contributed by atoms with E-state index in [1.54, 1.807) is 0 Å². The molecule has 0 amide bonds. The van der Waals surface area contributed by atoms with Crippen molar-refractivity contribution in [2.75, 3.05) is 0 Å². The van der Waals surface area contributed by atoms with E-state index in [9.17, 15) is 9.90 Å². The molecule has 3 heteroatoms. The van der Waals surface area contributed by atoms with Crippen LogP contribution < -0.4 is 0 Å². The average Bonchev–Trinajstić information content (AvgIpc) is 2.75. The fourth-order valence-corrected chi connectivity index (χ4v) is 12.8. The molecular weight excluding hydrogens is 531 g/mol. The lowest BCUT2D eigenvalue weighted by Crippen LogP contribution is -2.72. The lowest BCUT2D eigenvalue weighted by molar-refractivity contribution is -0.284. The van der Waals surface area contributed by atoms with Crippen LogP contribution in [0.15, 0.2) is 0 Å². The van der Waals surface area contributed by atoms with E-state index >= 15 is 0 Å². The molecule has 5 fully saturated rings. The maximum atomic E-state index is 13.2. The molecule has 0 aromatic rings. The molecule has 0 spiro atoms. The van der Waals surface area contributed by atoms with Gasteiger partial charge in [0.05, 0.1) is 0 Å². The second kappa shape index (κ2) is 7.70. The van der Waals surface area contributed by atoms with Crippen molar-refractivity contribution in [1.29, 1.82) is 0 Å². The van der Waals surface area contributed by atoms with Gasteiger partial charge in [-0.25, -0.2) is 0 Å². The van der Waals surface area contributed by atoms with Crippen molar-refractivity contribution in [2.45, 2.75) is 125 Å². The van der Waals surface area contributed by atoms with Crippen LogP contribution in [0.2, 0.25) is 0 Å². The second-order valence-electron chi connectivity index (χ2n) is 15.6. The molecule has 0 aliphatic heterocycles. The van der Waals surface area contributed by atoms with Crippen molar-refractivity contribution in [3.63, 3.8) is 0 Å². The second-order valence-corrected chi connectivity index (χ2v) is 16.6. The summed E-state index contributed by atoms with van der Waals surface area (Å²) in [4.78, 5) is 13.2. The summed E-state index contributed by atoms with van der Waals surface area (Å²) in [6.45, 7) is 20.2. The molecule has 5 saturated carbocycles. The monoisotopic (exact) mass is 582 g/mol. The number of carbonyl (C=O) groups is 1. The fraction of sp³-hybridized carbons (Fsp3) is 0.968. The van der Waals surface area contributed by atoms with Gasteiger partial charge >= 0.3 is 0 Å². The van der Waals surface area contributed by atoms with Gasteiger partial charge in [0.15, 0.2) is 0 Å². The van der Waals surface area contributed by atoms with E-state index in [-0.39, 0.29) is 20.0 Å². The van der Waals surface area contributed by atoms with E-state index in [4.69, 9.17) is 0 Å². The Bertz CT molecular complexity index is 867. The van der Waals surface area contributed by atoms with E-state index < -0.39 is 5.60 Å². The van der Waals surface area contributed by atoms with Crippen LogP contribution in [0.4, 0.5) is 0 Å². The van der Waals surface area contributed by atoms with Crippen LogP contribution in [0.3, 0.4) is 0 Å². The first-order valence-electron chi connectivity index (χ1n) is 14.5. The van der Waals surface area contributed by atoms with Crippen LogP contribution in [0.5, 0.6) is 0 Å². The molecular formula is C31H51IO2. The minimum Gasteiger partial charge on any atom is -0.381 e. The van der Waals surface area contributed by atoms with Gasteiger partial charge in [0.25, 0.3) is 0 Å². The first-order valence-corrected chi connectivity index (χ1v) is 15.6. The molecule has 1 N–H and O–H groups in total. The van der Waals surface area contributed by atoms with Gasteiger partial charge in [-0.05, 0) is 121 Å². The van der Waals surface area contributed by atoms with Crippen molar-refractivity contribution in [3.05, 3.63) is 0 Å². The number of carbonyl (C=O) groups excluding carboxylic acids is 1. The Morgan fingerprint density at radius 1 is 0.765 bits per heavy atom. The van der Waals surface area contributed by atoms with Crippen LogP contribution in [0.25, 0.3) is 0 Å². The molecule has 2 nitrogen and oxygen atoms in total. The van der Waals surface area contributed by atoms with Crippen LogP contribution in [0.1, 0.15) is 120 Å². The van der Waals surface area contributed by atoms with Gasteiger partial charge in [-0.2, -0.15) is 0 Å². The number of halogens is 1. The van der Waals surface area contributed by atoms with E-state index in [0.717, 1.165) is 30.1 Å². The van der Waals surface area contributed by atoms with Crippen LogP contribution in [-0.4, -0.2) is 14.5 Å². The molecule has 0 aromatic carbocycles. The third-order valence-corrected chi connectivity index (χ3v) is 15.3. The Balaban J connectivity index is 1.61. The summed E-state index contributed by atoms with van der Waals surface area (Å²) < 4.78 is -0.00410. The van der Waals surface area contributed by atoms with Gasteiger partial charge in [0.2, 0.25) is 3.79 Å². The van der Waals surface area contributed by atoms with E-state index in [1.165, 1.54) is 51.4 Å². The average molecular weight is 583 g/mol. The zero-order valence-corrected chi connectivity index (χ0v) is 25.4. The van der Waals surface area contributed by atoms with Gasteiger partial charge in [-0.1, -0.05) is 55.4 Å². The van der Waals surface area contributed by atoms with Crippen molar-refractivity contribution in [3.8, 4) is 0 Å². The number of aliphatic hydroxyl groups is 1. The quantitative estimate of drug-likeness (QED) is 0.249. The minimum absolute atomic E-state index is 0.00410.